The normalized spacial score (nSPS) is 13.7. The fourth-order valence-corrected chi connectivity index (χ4v) is 4.63. The molecule has 0 radical (unpaired) electrons. The first-order chi connectivity index (χ1) is 14.0. The van der Waals surface area contributed by atoms with Gasteiger partial charge in [-0.15, -0.1) is 0 Å². The molecule has 0 saturated carbocycles. The fraction of sp³-hybridized carbons (Fsp3) is 0.222. The molecule has 0 saturated heterocycles. The van der Waals surface area contributed by atoms with Gasteiger partial charge >= 0.3 is 0 Å². The minimum Gasteiger partial charge on any atom is -0.364 e. The predicted molar refractivity (Wildman–Crippen MR) is 121 cm³/mol. The lowest BCUT2D eigenvalue weighted by Gasteiger charge is -2.22. The molecule has 0 atom stereocenters. The van der Waals surface area contributed by atoms with Crippen LogP contribution in [-0.4, -0.2) is 7.05 Å². The number of rotatable bonds is 3. The van der Waals surface area contributed by atoms with Crippen LogP contribution in [0.25, 0.3) is 6.08 Å². The SMILES string of the molecule is C=[n+]1c(CN(C)c2c(C)cc(C)cc2C)cccc1=c1cccc2c1=CC=CC2. The van der Waals surface area contributed by atoms with E-state index in [2.05, 4.69) is 110 Å². The minimum absolute atomic E-state index is 0.806. The van der Waals surface area contributed by atoms with Gasteiger partial charge in [0.2, 0.25) is 11.0 Å². The first-order valence-corrected chi connectivity index (χ1v) is 10.2. The van der Waals surface area contributed by atoms with Crippen molar-refractivity contribution in [3.8, 4) is 0 Å². The molecule has 0 unspecified atom stereocenters. The summed E-state index contributed by atoms with van der Waals surface area (Å²) in [6, 6.07) is 17.6. The summed E-state index contributed by atoms with van der Waals surface area (Å²) in [6.45, 7) is 11.8. The van der Waals surface area contributed by atoms with Crippen molar-refractivity contribution < 1.29 is 4.24 Å². The predicted octanol–water partition coefficient (Wildman–Crippen LogP) is 4.36. The molecule has 1 aliphatic carbocycles. The second-order valence-electron chi connectivity index (χ2n) is 8.11. The highest BCUT2D eigenvalue weighted by Gasteiger charge is 2.14. The molecule has 0 amide bonds. The van der Waals surface area contributed by atoms with Crippen molar-refractivity contribution >= 4 is 11.8 Å². The molecule has 2 heteroatoms. The summed E-state index contributed by atoms with van der Waals surface area (Å²) < 4.78 is 2.09. The highest BCUT2D eigenvalue weighted by molar-refractivity contribution is 5.59. The van der Waals surface area contributed by atoms with E-state index in [4.69, 9.17) is 0 Å². The fourth-order valence-electron chi connectivity index (χ4n) is 4.63. The van der Waals surface area contributed by atoms with Crippen molar-refractivity contribution in [3.63, 3.8) is 0 Å². The van der Waals surface area contributed by atoms with Crippen LogP contribution < -0.4 is 14.4 Å². The lowest BCUT2D eigenvalue weighted by molar-refractivity contribution is -0.520. The van der Waals surface area contributed by atoms with E-state index < -0.39 is 0 Å². The second-order valence-corrected chi connectivity index (χ2v) is 8.11. The Balaban J connectivity index is 1.85. The summed E-state index contributed by atoms with van der Waals surface area (Å²) in [7, 11) is 2.17. The van der Waals surface area contributed by atoms with Gasteiger partial charge in [-0.05, 0) is 61.2 Å². The van der Waals surface area contributed by atoms with Crippen LogP contribution in [0.15, 0.2) is 60.7 Å². The minimum atomic E-state index is 0.806. The summed E-state index contributed by atoms with van der Waals surface area (Å²) in [4.78, 5) is 2.33. The number of pyridine rings is 1. The molecule has 3 aromatic rings. The van der Waals surface area contributed by atoms with Crippen molar-refractivity contribution in [2.75, 3.05) is 11.9 Å². The van der Waals surface area contributed by atoms with E-state index in [-0.39, 0.29) is 0 Å². The second kappa shape index (κ2) is 7.71. The van der Waals surface area contributed by atoms with Crippen molar-refractivity contribution in [3.05, 3.63) is 111 Å². The van der Waals surface area contributed by atoms with Gasteiger partial charge in [-0.2, -0.15) is 4.24 Å². The standard InChI is InChI=1S/C27H29N2/c1-19-16-20(2)27(21(3)17-19)28(4)18-23-12-9-15-26(29(23)5)25-14-8-11-22-10-6-7-13-24(22)25/h6-9,11-17H,5,10,18H2,1-4H3/q+1. The molecule has 0 N–H and O–H groups in total. The Kier molecular flexibility index (Phi) is 5.10. The Morgan fingerprint density at radius 2 is 1.72 bits per heavy atom. The van der Waals surface area contributed by atoms with Crippen LogP contribution in [-0.2, 0) is 13.0 Å². The lowest BCUT2D eigenvalue weighted by atomic mass is 10.0. The number of anilines is 1. The molecule has 29 heavy (non-hydrogen) atoms. The van der Waals surface area contributed by atoms with Crippen LogP contribution in [0.1, 0.15) is 27.9 Å². The maximum Gasteiger partial charge on any atom is 0.218 e. The number of nitrogens with zero attached hydrogens (tertiary/aromatic N) is 2. The molecular weight excluding hydrogens is 352 g/mol. The maximum absolute atomic E-state index is 4.41. The highest BCUT2D eigenvalue weighted by Crippen LogP contribution is 2.26. The first-order valence-electron chi connectivity index (χ1n) is 10.2. The molecule has 0 fully saturated rings. The molecule has 2 aromatic carbocycles. The first kappa shape index (κ1) is 19.2. The molecule has 1 aliphatic rings. The van der Waals surface area contributed by atoms with E-state index in [1.807, 2.05) is 0 Å². The van der Waals surface area contributed by atoms with Crippen LogP contribution in [0.5, 0.6) is 0 Å². The topological polar surface area (TPSA) is 9.14 Å². The maximum atomic E-state index is 4.41. The van der Waals surface area contributed by atoms with Gasteiger partial charge in [0, 0.05) is 24.9 Å². The summed E-state index contributed by atoms with van der Waals surface area (Å²) in [6.07, 6.45) is 7.57. The number of hydrogen-bond acceptors (Lipinski definition) is 1. The van der Waals surface area contributed by atoms with Gasteiger partial charge in [-0.1, -0.05) is 48.1 Å². The van der Waals surface area contributed by atoms with Gasteiger partial charge in [0.05, 0.1) is 5.22 Å². The van der Waals surface area contributed by atoms with E-state index in [1.54, 1.807) is 0 Å². The quantitative estimate of drug-likeness (QED) is 0.613. The number of hydrogen-bond donors (Lipinski definition) is 0. The van der Waals surface area contributed by atoms with E-state index in [0.29, 0.717) is 0 Å². The van der Waals surface area contributed by atoms with Gasteiger partial charge in [0.15, 0.2) is 0 Å². The van der Waals surface area contributed by atoms with Crippen molar-refractivity contribution in [1.29, 1.82) is 0 Å². The van der Waals surface area contributed by atoms with Gasteiger partial charge in [-0.25, -0.2) is 0 Å². The monoisotopic (exact) mass is 381 g/mol. The molecule has 2 nitrogen and oxygen atoms in total. The third-order valence-electron chi connectivity index (χ3n) is 5.81. The van der Waals surface area contributed by atoms with E-state index in [1.165, 1.54) is 44.1 Å². The lowest BCUT2D eigenvalue weighted by Crippen LogP contribution is -2.30. The molecule has 1 aromatic heterocycles. The van der Waals surface area contributed by atoms with E-state index >= 15 is 0 Å². The zero-order valence-corrected chi connectivity index (χ0v) is 17.9. The van der Waals surface area contributed by atoms with E-state index in [0.717, 1.165) is 18.3 Å². The van der Waals surface area contributed by atoms with Gasteiger partial charge in [-0.3, -0.25) is 0 Å². The smallest absolute Gasteiger partial charge is 0.218 e. The number of aromatic nitrogens is 1. The molecule has 0 spiro atoms. The zero-order chi connectivity index (χ0) is 20.5. The zero-order valence-electron chi connectivity index (χ0n) is 17.9. The summed E-state index contributed by atoms with van der Waals surface area (Å²) in [5.74, 6) is 0. The molecule has 0 bridgehead atoms. The average Bonchev–Trinajstić information content (AvgIpc) is 2.68. The molecule has 0 aliphatic heterocycles. The van der Waals surface area contributed by atoms with E-state index in [9.17, 15) is 0 Å². The van der Waals surface area contributed by atoms with Crippen molar-refractivity contribution in [1.82, 2.24) is 0 Å². The van der Waals surface area contributed by atoms with Crippen LogP contribution in [0, 0.1) is 38.1 Å². The molecule has 4 rings (SSSR count). The number of fused-ring (bicyclic) bond motifs is 1. The Bertz CT molecular complexity index is 1290. The Labute approximate surface area is 173 Å². The summed E-state index contributed by atoms with van der Waals surface area (Å²) in [5.41, 5.74) is 7.81. The summed E-state index contributed by atoms with van der Waals surface area (Å²) in [5, 5.41) is 3.70. The van der Waals surface area contributed by atoms with Gasteiger partial charge < -0.3 is 4.90 Å². The van der Waals surface area contributed by atoms with Crippen molar-refractivity contribution in [2.24, 2.45) is 0 Å². The molecular formula is C27H29N2+. The number of benzene rings is 2. The third-order valence-corrected chi connectivity index (χ3v) is 5.81. The molecule has 1 heterocycles. The Morgan fingerprint density at radius 3 is 2.48 bits per heavy atom. The Hall–Kier alpha value is -3.13. The summed E-state index contributed by atoms with van der Waals surface area (Å²) >= 11 is 0. The van der Waals surface area contributed by atoms with Crippen LogP contribution in [0.4, 0.5) is 5.69 Å². The van der Waals surface area contributed by atoms with Crippen LogP contribution in [0.3, 0.4) is 0 Å². The van der Waals surface area contributed by atoms with Crippen LogP contribution in [0.2, 0.25) is 0 Å². The van der Waals surface area contributed by atoms with Crippen LogP contribution >= 0.6 is 0 Å². The largest absolute Gasteiger partial charge is 0.364 e. The van der Waals surface area contributed by atoms with Gasteiger partial charge in [0.1, 0.15) is 13.3 Å². The third kappa shape index (κ3) is 3.63. The van der Waals surface area contributed by atoms with Crippen molar-refractivity contribution in [2.45, 2.75) is 33.7 Å². The van der Waals surface area contributed by atoms with Gasteiger partial charge in [0.25, 0.3) is 0 Å². The Morgan fingerprint density at radius 1 is 1.00 bits per heavy atom. The highest BCUT2D eigenvalue weighted by atomic mass is 15.1. The molecule has 146 valence electrons. The number of aryl methyl sites for hydroxylation is 3. The average molecular weight is 382 g/mol. The number of allylic oxidation sites excluding steroid dienone is 2.